The SMILES string of the molecule is CC(=O)N(CCC(C)C)C(NC(C)CCNC(=O)OC(C)(C)C)C(C)C.Cc1ccccc1. The van der Waals surface area contributed by atoms with Crippen molar-refractivity contribution in [1.29, 1.82) is 0 Å². The van der Waals surface area contributed by atoms with E-state index in [4.69, 9.17) is 4.74 Å². The third kappa shape index (κ3) is 16.2. The van der Waals surface area contributed by atoms with E-state index < -0.39 is 11.7 Å². The highest BCUT2D eigenvalue weighted by Gasteiger charge is 2.25. The lowest BCUT2D eigenvalue weighted by molar-refractivity contribution is -0.133. The van der Waals surface area contributed by atoms with E-state index in [1.54, 1.807) is 6.92 Å². The van der Waals surface area contributed by atoms with Gasteiger partial charge >= 0.3 is 6.09 Å². The largest absolute Gasteiger partial charge is 0.444 e. The molecule has 1 aromatic rings. The number of aryl methyl sites for hydroxylation is 1. The molecule has 0 spiro atoms. The number of alkyl carbamates (subject to hydrolysis) is 1. The molecule has 6 nitrogen and oxygen atoms in total. The van der Waals surface area contributed by atoms with Crippen LogP contribution in [0.4, 0.5) is 4.79 Å². The molecule has 0 aliphatic carbocycles. The molecule has 0 aliphatic rings. The summed E-state index contributed by atoms with van der Waals surface area (Å²) in [4.78, 5) is 25.8. The fourth-order valence-electron chi connectivity index (χ4n) is 3.15. The summed E-state index contributed by atoms with van der Waals surface area (Å²) in [5, 5.41) is 6.34. The molecule has 2 atom stereocenters. The van der Waals surface area contributed by atoms with Crippen LogP contribution in [0.3, 0.4) is 0 Å². The van der Waals surface area contributed by atoms with E-state index in [1.165, 1.54) is 5.56 Å². The zero-order chi connectivity index (χ0) is 25.6. The highest BCUT2D eigenvalue weighted by atomic mass is 16.6. The summed E-state index contributed by atoms with van der Waals surface area (Å²) in [6.07, 6.45) is 1.34. The van der Waals surface area contributed by atoms with Gasteiger partial charge in [0.05, 0.1) is 6.17 Å². The van der Waals surface area contributed by atoms with Crippen LogP contribution in [-0.4, -0.2) is 47.8 Å². The predicted octanol–water partition coefficient (Wildman–Crippen LogP) is 5.75. The number of benzene rings is 1. The standard InChI is InChI=1S/C20H41N3O3.C7H8/c1-14(2)11-13-23(17(6)24)18(15(3)4)22-16(5)10-12-21-19(25)26-20(7,8)9;1-7-5-3-2-4-6-7/h14-16,18,22H,10-13H2,1-9H3,(H,21,25);2-6H,1H3. The summed E-state index contributed by atoms with van der Waals surface area (Å²) >= 11 is 0. The molecule has 2 N–H and O–H groups in total. The van der Waals surface area contributed by atoms with E-state index >= 15 is 0 Å². The van der Waals surface area contributed by atoms with Crippen molar-refractivity contribution >= 4 is 12.0 Å². The van der Waals surface area contributed by atoms with Gasteiger partial charge in [0.1, 0.15) is 5.60 Å². The number of hydrogen-bond donors (Lipinski definition) is 2. The number of amides is 2. The van der Waals surface area contributed by atoms with E-state index in [2.05, 4.69) is 64.3 Å². The monoisotopic (exact) mass is 463 g/mol. The first-order valence-corrected chi connectivity index (χ1v) is 12.2. The average molecular weight is 464 g/mol. The molecular weight excluding hydrogens is 414 g/mol. The van der Waals surface area contributed by atoms with Crippen LogP contribution >= 0.6 is 0 Å². The van der Waals surface area contributed by atoms with Crippen molar-refractivity contribution < 1.29 is 14.3 Å². The Bertz CT molecular complexity index is 669. The van der Waals surface area contributed by atoms with E-state index in [0.717, 1.165) is 19.4 Å². The minimum atomic E-state index is -0.491. The Labute approximate surface area is 202 Å². The summed E-state index contributed by atoms with van der Waals surface area (Å²) < 4.78 is 5.24. The van der Waals surface area contributed by atoms with Crippen molar-refractivity contribution in [2.24, 2.45) is 11.8 Å². The van der Waals surface area contributed by atoms with Gasteiger partial charge in [0.25, 0.3) is 0 Å². The predicted molar refractivity (Wildman–Crippen MR) is 138 cm³/mol. The van der Waals surface area contributed by atoms with Crippen molar-refractivity contribution in [1.82, 2.24) is 15.5 Å². The summed E-state index contributed by atoms with van der Waals surface area (Å²) in [7, 11) is 0. The first-order chi connectivity index (χ1) is 15.2. The van der Waals surface area contributed by atoms with Gasteiger partial charge in [-0.3, -0.25) is 10.1 Å². The molecule has 0 aromatic heterocycles. The van der Waals surface area contributed by atoms with Crippen molar-refractivity contribution in [3.8, 4) is 0 Å². The lowest BCUT2D eigenvalue weighted by Gasteiger charge is -2.37. The quantitative estimate of drug-likeness (QED) is 0.433. The zero-order valence-corrected chi connectivity index (χ0v) is 22.7. The van der Waals surface area contributed by atoms with Crippen molar-refractivity contribution in [3.63, 3.8) is 0 Å². The Morgan fingerprint density at radius 3 is 1.97 bits per heavy atom. The molecule has 0 saturated heterocycles. The first-order valence-electron chi connectivity index (χ1n) is 12.2. The van der Waals surface area contributed by atoms with Gasteiger partial charge in [0.2, 0.25) is 5.91 Å². The number of carbonyl (C=O) groups excluding carboxylic acids is 2. The molecule has 1 rings (SSSR count). The first kappa shape index (κ1) is 30.9. The second-order valence-corrected chi connectivity index (χ2v) is 10.5. The minimum absolute atomic E-state index is 0.0113. The van der Waals surface area contributed by atoms with Gasteiger partial charge in [0, 0.05) is 26.1 Å². The summed E-state index contributed by atoms with van der Waals surface area (Å²) in [6.45, 7) is 21.2. The Kier molecular flexibility index (Phi) is 14.7. The maximum atomic E-state index is 12.1. The third-order valence-corrected chi connectivity index (χ3v) is 4.96. The van der Waals surface area contributed by atoms with Gasteiger partial charge in [-0.2, -0.15) is 0 Å². The summed E-state index contributed by atoms with van der Waals surface area (Å²) in [5.74, 6) is 0.948. The summed E-state index contributed by atoms with van der Waals surface area (Å²) in [6, 6.07) is 10.4. The molecule has 0 radical (unpaired) electrons. The van der Waals surface area contributed by atoms with Crippen LogP contribution in [0.2, 0.25) is 0 Å². The van der Waals surface area contributed by atoms with Crippen LogP contribution < -0.4 is 10.6 Å². The highest BCUT2D eigenvalue weighted by molar-refractivity contribution is 5.73. The third-order valence-electron chi connectivity index (χ3n) is 4.96. The number of ether oxygens (including phenoxy) is 1. The van der Waals surface area contributed by atoms with Crippen LogP contribution in [0.25, 0.3) is 0 Å². The molecule has 0 heterocycles. The fraction of sp³-hybridized carbons (Fsp3) is 0.704. The lowest BCUT2D eigenvalue weighted by Crippen LogP contribution is -2.54. The van der Waals surface area contributed by atoms with Crippen molar-refractivity contribution in [3.05, 3.63) is 35.9 Å². The molecule has 6 heteroatoms. The van der Waals surface area contributed by atoms with Crippen LogP contribution in [-0.2, 0) is 9.53 Å². The maximum Gasteiger partial charge on any atom is 0.407 e. The van der Waals surface area contributed by atoms with Gasteiger partial charge in [0.15, 0.2) is 0 Å². The molecule has 0 saturated carbocycles. The van der Waals surface area contributed by atoms with Gasteiger partial charge in [-0.15, -0.1) is 0 Å². The second kappa shape index (κ2) is 15.7. The number of carbonyl (C=O) groups is 2. The Morgan fingerprint density at radius 1 is 1.00 bits per heavy atom. The lowest BCUT2D eigenvalue weighted by atomic mass is 10.1. The highest BCUT2D eigenvalue weighted by Crippen LogP contribution is 2.13. The molecule has 33 heavy (non-hydrogen) atoms. The van der Waals surface area contributed by atoms with E-state index in [9.17, 15) is 9.59 Å². The van der Waals surface area contributed by atoms with Gasteiger partial charge < -0.3 is 15.0 Å². The minimum Gasteiger partial charge on any atom is -0.444 e. The van der Waals surface area contributed by atoms with Crippen LogP contribution in [0.15, 0.2) is 30.3 Å². The molecule has 1 aromatic carbocycles. The normalized spacial score (nSPS) is 13.1. The average Bonchev–Trinajstić information content (AvgIpc) is 2.66. The second-order valence-electron chi connectivity index (χ2n) is 10.5. The van der Waals surface area contributed by atoms with Crippen molar-refractivity contribution in [2.45, 2.75) is 99.9 Å². The van der Waals surface area contributed by atoms with Crippen LogP contribution in [0, 0.1) is 18.8 Å². The van der Waals surface area contributed by atoms with E-state index in [0.29, 0.717) is 18.4 Å². The zero-order valence-electron chi connectivity index (χ0n) is 22.7. The Hall–Kier alpha value is -2.08. The fourth-order valence-corrected chi connectivity index (χ4v) is 3.15. The Balaban J connectivity index is 0.00000123. The number of hydrogen-bond acceptors (Lipinski definition) is 4. The van der Waals surface area contributed by atoms with E-state index in [1.807, 2.05) is 43.9 Å². The molecule has 0 fully saturated rings. The smallest absolute Gasteiger partial charge is 0.407 e. The van der Waals surface area contributed by atoms with Crippen LogP contribution in [0.1, 0.15) is 80.7 Å². The molecule has 0 bridgehead atoms. The van der Waals surface area contributed by atoms with E-state index in [-0.39, 0.29) is 18.1 Å². The van der Waals surface area contributed by atoms with Crippen LogP contribution in [0.5, 0.6) is 0 Å². The molecule has 2 unspecified atom stereocenters. The molecular formula is C27H49N3O3. The maximum absolute atomic E-state index is 12.1. The van der Waals surface area contributed by atoms with Crippen molar-refractivity contribution in [2.75, 3.05) is 13.1 Å². The number of nitrogens with zero attached hydrogens (tertiary/aromatic N) is 1. The van der Waals surface area contributed by atoms with Gasteiger partial charge in [-0.1, -0.05) is 63.6 Å². The molecule has 190 valence electrons. The number of nitrogens with one attached hydrogen (secondary N) is 2. The Morgan fingerprint density at radius 2 is 1.58 bits per heavy atom. The van der Waals surface area contributed by atoms with Gasteiger partial charge in [-0.25, -0.2) is 4.79 Å². The summed E-state index contributed by atoms with van der Waals surface area (Å²) in [5.41, 5.74) is 0.831. The topological polar surface area (TPSA) is 70.7 Å². The van der Waals surface area contributed by atoms with Gasteiger partial charge in [-0.05, 0) is 59.3 Å². The molecule has 2 amide bonds. The number of rotatable bonds is 10. The molecule has 0 aliphatic heterocycles.